The summed E-state index contributed by atoms with van der Waals surface area (Å²) in [5.74, 6) is 0.204. The predicted octanol–water partition coefficient (Wildman–Crippen LogP) is 0.705. The van der Waals surface area contributed by atoms with Gasteiger partial charge < -0.3 is 15.2 Å². The highest BCUT2D eigenvalue weighted by Gasteiger charge is 2.38. The van der Waals surface area contributed by atoms with Crippen molar-refractivity contribution in [2.75, 3.05) is 18.6 Å². The third-order valence-electron chi connectivity index (χ3n) is 2.96. The lowest BCUT2D eigenvalue weighted by Crippen LogP contribution is -2.30. The maximum Gasteiger partial charge on any atom is 0.156 e. The molecule has 2 rings (SSSR count). The standard InChI is InChI=1S/C12H16BrNO4S/c1-14-5-8-3-2-4-9(13)12(8)18-11-7-19(16,17)6-10(11)15/h2-4,10-11,14-15H,5-7H2,1H3. The molecule has 0 aromatic heterocycles. The van der Waals surface area contributed by atoms with Gasteiger partial charge in [0.15, 0.2) is 9.84 Å². The molecule has 19 heavy (non-hydrogen) atoms. The fourth-order valence-electron chi connectivity index (χ4n) is 2.08. The van der Waals surface area contributed by atoms with Crippen LogP contribution in [0.1, 0.15) is 5.56 Å². The van der Waals surface area contributed by atoms with Crippen molar-refractivity contribution < 1.29 is 18.3 Å². The number of hydrogen-bond acceptors (Lipinski definition) is 5. The summed E-state index contributed by atoms with van der Waals surface area (Å²) in [5.41, 5.74) is 0.911. The molecule has 7 heteroatoms. The van der Waals surface area contributed by atoms with Crippen LogP contribution in [0.5, 0.6) is 5.75 Å². The molecule has 1 aliphatic heterocycles. The Bertz CT molecular complexity index is 561. The lowest BCUT2D eigenvalue weighted by Gasteiger charge is -2.19. The Kier molecular flexibility index (Phi) is 4.50. The molecule has 1 aromatic carbocycles. The molecule has 1 heterocycles. The highest BCUT2D eigenvalue weighted by molar-refractivity contribution is 9.10. The van der Waals surface area contributed by atoms with Crippen LogP contribution in [0.4, 0.5) is 0 Å². The predicted molar refractivity (Wildman–Crippen MR) is 76.0 cm³/mol. The van der Waals surface area contributed by atoms with E-state index >= 15 is 0 Å². The zero-order valence-corrected chi connectivity index (χ0v) is 12.9. The summed E-state index contributed by atoms with van der Waals surface area (Å²) >= 11 is 3.39. The van der Waals surface area contributed by atoms with E-state index in [4.69, 9.17) is 4.74 Å². The van der Waals surface area contributed by atoms with E-state index in [2.05, 4.69) is 21.2 Å². The zero-order valence-electron chi connectivity index (χ0n) is 10.5. The van der Waals surface area contributed by atoms with Crippen molar-refractivity contribution in [1.29, 1.82) is 0 Å². The van der Waals surface area contributed by atoms with Gasteiger partial charge in [0.1, 0.15) is 18.0 Å². The highest BCUT2D eigenvalue weighted by atomic mass is 79.9. The van der Waals surface area contributed by atoms with E-state index in [0.29, 0.717) is 12.3 Å². The number of halogens is 1. The largest absolute Gasteiger partial charge is 0.485 e. The quantitative estimate of drug-likeness (QED) is 0.836. The van der Waals surface area contributed by atoms with Gasteiger partial charge in [-0.2, -0.15) is 0 Å². The number of benzene rings is 1. The van der Waals surface area contributed by atoms with Gasteiger partial charge in [0.05, 0.1) is 16.0 Å². The highest BCUT2D eigenvalue weighted by Crippen LogP contribution is 2.31. The van der Waals surface area contributed by atoms with E-state index in [9.17, 15) is 13.5 Å². The van der Waals surface area contributed by atoms with Gasteiger partial charge >= 0.3 is 0 Å². The molecule has 2 N–H and O–H groups in total. The number of hydrogen-bond donors (Lipinski definition) is 2. The maximum atomic E-state index is 11.5. The van der Waals surface area contributed by atoms with Crippen molar-refractivity contribution in [2.45, 2.75) is 18.8 Å². The van der Waals surface area contributed by atoms with Gasteiger partial charge in [-0.15, -0.1) is 0 Å². The van der Waals surface area contributed by atoms with Crippen LogP contribution in [-0.4, -0.2) is 44.3 Å². The van der Waals surface area contributed by atoms with E-state index in [1.165, 1.54) is 0 Å². The Balaban J connectivity index is 2.24. The van der Waals surface area contributed by atoms with E-state index in [1.807, 2.05) is 25.2 Å². The van der Waals surface area contributed by atoms with Gasteiger partial charge in [-0.3, -0.25) is 0 Å². The molecule has 0 spiro atoms. The van der Waals surface area contributed by atoms with Crippen LogP contribution in [0.3, 0.4) is 0 Å². The number of nitrogens with one attached hydrogen (secondary N) is 1. The average Bonchev–Trinajstić information content (AvgIpc) is 2.57. The summed E-state index contributed by atoms with van der Waals surface area (Å²) in [5, 5.41) is 12.8. The second-order valence-corrected chi connectivity index (χ2v) is 7.57. The normalized spacial score (nSPS) is 25.4. The molecule has 2 atom stereocenters. The van der Waals surface area contributed by atoms with Crippen LogP contribution in [-0.2, 0) is 16.4 Å². The topological polar surface area (TPSA) is 75.6 Å². The minimum absolute atomic E-state index is 0.144. The second-order valence-electron chi connectivity index (χ2n) is 4.56. The smallest absolute Gasteiger partial charge is 0.156 e. The first-order valence-electron chi connectivity index (χ1n) is 5.90. The molecule has 1 aliphatic rings. The molecule has 1 aromatic rings. The van der Waals surface area contributed by atoms with Crippen molar-refractivity contribution in [3.63, 3.8) is 0 Å². The minimum atomic E-state index is -3.21. The van der Waals surface area contributed by atoms with Gasteiger partial charge in [0, 0.05) is 12.1 Å². The summed E-state index contributed by atoms with van der Waals surface area (Å²) in [6, 6.07) is 5.60. The van der Waals surface area contributed by atoms with E-state index < -0.39 is 22.0 Å². The molecule has 106 valence electrons. The van der Waals surface area contributed by atoms with E-state index in [-0.39, 0.29) is 11.5 Å². The molecule has 0 radical (unpaired) electrons. The third kappa shape index (κ3) is 3.47. The maximum absolute atomic E-state index is 11.5. The fraction of sp³-hybridized carbons (Fsp3) is 0.500. The number of aliphatic hydroxyl groups excluding tert-OH is 1. The SMILES string of the molecule is CNCc1cccc(Br)c1OC1CS(=O)(=O)CC1O. The third-order valence-corrected chi connectivity index (χ3v) is 5.27. The monoisotopic (exact) mass is 349 g/mol. The van der Waals surface area contributed by atoms with Crippen LogP contribution in [0.2, 0.25) is 0 Å². The molecule has 5 nitrogen and oxygen atoms in total. The molecule has 1 saturated heterocycles. The first kappa shape index (κ1) is 14.8. The van der Waals surface area contributed by atoms with Gasteiger partial charge in [0.25, 0.3) is 0 Å². The fourth-order valence-corrected chi connectivity index (χ4v) is 4.24. The number of ether oxygens (including phenoxy) is 1. The first-order chi connectivity index (χ1) is 8.93. The number of aliphatic hydroxyl groups is 1. The number of para-hydroxylation sites is 1. The molecular formula is C12H16BrNO4S. The Hall–Kier alpha value is -0.630. The molecule has 1 fully saturated rings. The van der Waals surface area contributed by atoms with Crippen LogP contribution in [0.15, 0.2) is 22.7 Å². The van der Waals surface area contributed by atoms with Crippen LogP contribution in [0, 0.1) is 0 Å². The Labute approximate surface area is 121 Å². The Morgan fingerprint density at radius 2 is 2.21 bits per heavy atom. The minimum Gasteiger partial charge on any atom is -0.485 e. The van der Waals surface area contributed by atoms with Crippen LogP contribution < -0.4 is 10.1 Å². The van der Waals surface area contributed by atoms with E-state index in [1.54, 1.807) is 0 Å². The molecule has 0 saturated carbocycles. The molecule has 2 unspecified atom stereocenters. The summed E-state index contributed by atoms with van der Waals surface area (Å²) < 4.78 is 29.4. The summed E-state index contributed by atoms with van der Waals surface area (Å²) in [6.45, 7) is 0.602. The number of sulfone groups is 1. The molecule has 0 aliphatic carbocycles. The number of rotatable bonds is 4. The Morgan fingerprint density at radius 3 is 2.79 bits per heavy atom. The molecular weight excluding hydrogens is 334 g/mol. The van der Waals surface area contributed by atoms with Crippen molar-refractivity contribution in [3.05, 3.63) is 28.2 Å². The van der Waals surface area contributed by atoms with Crippen molar-refractivity contribution in [2.24, 2.45) is 0 Å². The Morgan fingerprint density at radius 1 is 1.47 bits per heavy atom. The summed E-state index contributed by atoms with van der Waals surface area (Å²) in [4.78, 5) is 0. The van der Waals surface area contributed by atoms with Crippen molar-refractivity contribution in [3.8, 4) is 5.75 Å². The van der Waals surface area contributed by atoms with Gasteiger partial charge in [0.2, 0.25) is 0 Å². The molecule has 0 bridgehead atoms. The second kappa shape index (κ2) is 5.78. The summed E-state index contributed by atoms with van der Waals surface area (Å²) in [6.07, 6.45) is -1.68. The first-order valence-corrected chi connectivity index (χ1v) is 8.51. The average molecular weight is 350 g/mol. The van der Waals surface area contributed by atoms with Crippen LogP contribution >= 0.6 is 15.9 Å². The lowest BCUT2D eigenvalue weighted by molar-refractivity contribution is 0.0726. The van der Waals surface area contributed by atoms with Gasteiger partial charge in [-0.05, 0) is 29.0 Å². The van der Waals surface area contributed by atoms with Gasteiger partial charge in [-0.1, -0.05) is 12.1 Å². The van der Waals surface area contributed by atoms with Gasteiger partial charge in [-0.25, -0.2) is 8.42 Å². The van der Waals surface area contributed by atoms with Crippen molar-refractivity contribution >= 4 is 25.8 Å². The van der Waals surface area contributed by atoms with E-state index in [0.717, 1.165) is 10.0 Å². The lowest BCUT2D eigenvalue weighted by atomic mass is 10.2. The van der Waals surface area contributed by atoms with Crippen LogP contribution in [0.25, 0.3) is 0 Å². The zero-order chi connectivity index (χ0) is 14.0. The summed E-state index contributed by atoms with van der Waals surface area (Å²) in [7, 11) is -1.39. The molecule has 0 amide bonds. The van der Waals surface area contributed by atoms with Crippen molar-refractivity contribution in [1.82, 2.24) is 5.32 Å².